The molecule has 0 spiro atoms. The second kappa shape index (κ2) is 8.52. The first-order valence-corrected chi connectivity index (χ1v) is 8.30. The summed E-state index contributed by atoms with van der Waals surface area (Å²) in [6.07, 6.45) is 2.43. The van der Waals surface area contributed by atoms with Gasteiger partial charge < -0.3 is 10.4 Å². The molecule has 1 heterocycles. The average molecular weight is 290 g/mol. The number of β-amino-alcohol motifs (C(OH)–C–C–N with tert-alkyl or cyclic N) is 1. The van der Waals surface area contributed by atoms with Gasteiger partial charge in [0.15, 0.2) is 0 Å². The molecule has 2 atom stereocenters. The number of piperidine rings is 1. The zero-order valence-electron chi connectivity index (χ0n) is 13.5. The minimum Gasteiger partial charge on any atom is -0.395 e. The molecular formula is C18H30N2O. The van der Waals surface area contributed by atoms with Crippen LogP contribution in [0.3, 0.4) is 0 Å². The first-order chi connectivity index (χ1) is 10.2. The van der Waals surface area contributed by atoms with Crippen molar-refractivity contribution >= 4 is 0 Å². The van der Waals surface area contributed by atoms with Crippen molar-refractivity contribution in [2.75, 3.05) is 32.8 Å². The van der Waals surface area contributed by atoms with Crippen LogP contribution < -0.4 is 5.32 Å². The van der Waals surface area contributed by atoms with Gasteiger partial charge in [0.25, 0.3) is 0 Å². The predicted molar refractivity (Wildman–Crippen MR) is 88.6 cm³/mol. The summed E-state index contributed by atoms with van der Waals surface area (Å²) in [5, 5.41) is 13.0. The molecule has 1 aliphatic rings. The van der Waals surface area contributed by atoms with Crippen LogP contribution in [0.1, 0.15) is 38.2 Å². The maximum atomic E-state index is 9.25. The Hall–Kier alpha value is -0.900. The van der Waals surface area contributed by atoms with Gasteiger partial charge in [-0.15, -0.1) is 0 Å². The third-order valence-electron chi connectivity index (χ3n) is 4.37. The summed E-state index contributed by atoms with van der Waals surface area (Å²) in [6.45, 7) is 8.79. The van der Waals surface area contributed by atoms with Gasteiger partial charge in [-0.05, 0) is 36.8 Å². The number of aliphatic hydroxyl groups is 1. The first-order valence-electron chi connectivity index (χ1n) is 8.30. The molecule has 1 aliphatic heterocycles. The predicted octanol–water partition coefficient (Wildman–Crippen LogP) is 2.47. The molecule has 1 saturated heterocycles. The van der Waals surface area contributed by atoms with Crippen molar-refractivity contribution in [3.05, 3.63) is 35.9 Å². The molecule has 2 N–H and O–H groups in total. The standard InChI is InChI=1S/C18H30N2O/c1-15(2)8-9-19-18-12-17(13-20(14-18)10-11-21)16-6-4-3-5-7-16/h3-7,15,17-19,21H,8-14H2,1-2H3. The van der Waals surface area contributed by atoms with Gasteiger partial charge in [0, 0.05) is 25.7 Å². The zero-order valence-corrected chi connectivity index (χ0v) is 13.5. The van der Waals surface area contributed by atoms with Crippen LogP contribution in [0.25, 0.3) is 0 Å². The lowest BCUT2D eigenvalue weighted by molar-refractivity contribution is 0.138. The van der Waals surface area contributed by atoms with Crippen molar-refractivity contribution in [1.29, 1.82) is 0 Å². The van der Waals surface area contributed by atoms with E-state index in [0.717, 1.165) is 32.1 Å². The summed E-state index contributed by atoms with van der Waals surface area (Å²) in [4.78, 5) is 2.40. The van der Waals surface area contributed by atoms with Gasteiger partial charge in [0.05, 0.1) is 6.61 Å². The molecule has 118 valence electrons. The van der Waals surface area contributed by atoms with Crippen LogP contribution in [0.4, 0.5) is 0 Å². The molecule has 21 heavy (non-hydrogen) atoms. The molecule has 1 fully saturated rings. The molecular weight excluding hydrogens is 260 g/mol. The van der Waals surface area contributed by atoms with Gasteiger partial charge in [0.1, 0.15) is 0 Å². The Balaban J connectivity index is 1.95. The van der Waals surface area contributed by atoms with E-state index in [-0.39, 0.29) is 6.61 Å². The molecule has 3 nitrogen and oxygen atoms in total. The van der Waals surface area contributed by atoms with Gasteiger partial charge in [-0.2, -0.15) is 0 Å². The van der Waals surface area contributed by atoms with Gasteiger partial charge in [-0.1, -0.05) is 44.2 Å². The van der Waals surface area contributed by atoms with Crippen LogP contribution in [0, 0.1) is 5.92 Å². The Bertz CT molecular complexity index is 393. The van der Waals surface area contributed by atoms with Gasteiger partial charge >= 0.3 is 0 Å². The Morgan fingerprint density at radius 1 is 1.24 bits per heavy atom. The minimum atomic E-state index is 0.250. The van der Waals surface area contributed by atoms with Crippen molar-refractivity contribution < 1.29 is 5.11 Å². The molecule has 0 aliphatic carbocycles. The van der Waals surface area contributed by atoms with Crippen molar-refractivity contribution in [3.63, 3.8) is 0 Å². The maximum Gasteiger partial charge on any atom is 0.0558 e. The number of rotatable bonds is 7. The van der Waals surface area contributed by atoms with Crippen LogP contribution in [0.5, 0.6) is 0 Å². The summed E-state index contributed by atoms with van der Waals surface area (Å²) in [5.74, 6) is 1.32. The van der Waals surface area contributed by atoms with Crippen LogP contribution in [-0.2, 0) is 0 Å². The van der Waals surface area contributed by atoms with Crippen LogP contribution in [-0.4, -0.2) is 48.8 Å². The molecule has 0 aromatic heterocycles. The van der Waals surface area contributed by atoms with Crippen LogP contribution in [0.15, 0.2) is 30.3 Å². The second-order valence-corrected chi connectivity index (χ2v) is 6.66. The van der Waals surface area contributed by atoms with E-state index in [0.29, 0.717) is 12.0 Å². The van der Waals surface area contributed by atoms with E-state index in [9.17, 15) is 5.11 Å². The molecule has 0 bridgehead atoms. The van der Waals surface area contributed by atoms with Crippen LogP contribution >= 0.6 is 0 Å². The quantitative estimate of drug-likeness (QED) is 0.810. The molecule has 1 aromatic carbocycles. The molecule has 2 rings (SSSR count). The maximum absolute atomic E-state index is 9.25. The molecule has 0 saturated carbocycles. The van der Waals surface area contributed by atoms with E-state index in [4.69, 9.17) is 0 Å². The zero-order chi connectivity index (χ0) is 15.1. The van der Waals surface area contributed by atoms with Gasteiger partial charge in [0.2, 0.25) is 0 Å². The van der Waals surface area contributed by atoms with Crippen molar-refractivity contribution in [2.24, 2.45) is 5.92 Å². The smallest absolute Gasteiger partial charge is 0.0558 e. The third-order valence-corrected chi connectivity index (χ3v) is 4.37. The molecule has 1 aromatic rings. The summed E-state index contributed by atoms with van der Waals surface area (Å²) < 4.78 is 0. The Morgan fingerprint density at radius 3 is 2.67 bits per heavy atom. The molecule has 0 amide bonds. The normalized spacial score (nSPS) is 23.6. The number of likely N-dealkylation sites (tertiary alicyclic amines) is 1. The molecule has 0 radical (unpaired) electrons. The number of aliphatic hydroxyl groups excluding tert-OH is 1. The van der Waals surface area contributed by atoms with Crippen molar-refractivity contribution in [3.8, 4) is 0 Å². The fourth-order valence-corrected chi connectivity index (χ4v) is 3.21. The number of hydrogen-bond donors (Lipinski definition) is 2. The fraction of sp³-hybridized carbons (Fsp3) is 0.667. The lowest BCUT2D eigenvalue weighted by atomic mass is 9.88. The van der Waals surface area contributed by atoms with Gasteiger partial charge in [-0.3, -0.25) is 4.90 Å². The summed E-state index contributed by atoms with van der Waals surface area (Å²) >= 11 is 0. The second-order valence-electron chi connectivity index (χ2n) is 6.66. The van der Waals surface area contributed by atoms with E-state index in [2.05, 4.69) is 54.4 Å². The van der Waals surface area contributed by atoms with E-state index in [1.807, 2.05) is 0 Å². The van der Waals surface area contributed by atoms with Crippen molar-refractivity contribution in [2.45, 2.75) is 38.6 Å². The van der Waals surface area contributed by atoms with E-state index in [1.165, 1.54) is 18.4 Å². The number of nitrogens with zero attached hydrogens (tertiary/aromatic N) is 1. The summed E-state index contributed by atoms with van der Waals surface area (Å²) in [7, 11) is 0. The highest BCUT2D eigenvalue weighted by Crippen LogP contribution is 2.26. The van der Waals surface area contributed by atoms with E-state index in [1.54, 1.807) is 0 Å². The van der Waals surface area contributed by atoms with Crippen LogP contribution in [0.2, 0.25) is 0 Å². The average Bonchev–Trinajstić information content (AvgIpc) is 2.48. The fourth-order valence-electron chi connectivity index (χ4n) is 3.21. The first kappa shape index (κ1) is 16.5. The van der Waals surface area contributed by atoms with Gasteiger partial charge in [-0.25, -0.2) is 0 Å². The topological polar surface area (TPSA) is 35.5 Å². The monoisotopic (exact) mass is 290 g/mol. The number of hydrogen-bond acceptors (Lipinski definition) is 3. The van der Waals surface area contributed by atoms with E-state index >= 15 is 0 Å². The highest BCUT2D eigenvalue weighted by molar-refractivity contribution is 5.21. The lowest BCUT2D eigenvalue weighted by Gasteiger charge is -2.38. The Morgan fingerprint density at radius 2 is 2.00 bits per heavy atom. The summed E-state index contributed by atoms with van der Waals surface area (Å²) in [6, 6.07) is 11.3. The third kappa shape index (κ3) is 5.42. The highest BCUT2D eigenvalue weighted by Gasteiger charge is 2.27. The lowest BCUT2D eigenvalue weighted by Crippen LogP contribution is -2.49. The number of nitrogens with one attached hydrogen (secondary N) is 1. The van der Waals surface area contributed by atoms with Crippen molar-refractivity contribution in [1.82, 2.24) is 10.2 Å². The minimum absolute atomic E-state index is 0.250. The SMILES string of the molecule is CC(C)CCNC1CC(c2ccccc2)CN(CCO)C1. The van der Waals surface area contributed by atoms with E-state index < -0.39 is 0 Å². The molecule has 3 heteroatoms. The highest BCUT2D eigenvalue weighted by atomic mass is 16.3. The Kier molecular flexibility index (Phi) is 6.68. The molecule has 2 unspecified atom stereocenters. The number of benzene rings is 1. The summed E-state index contributed by atoms with van der Waals surface area (Å²) in [5.41, 5.74) is 1.43. The largest absolute Gasteiger partial charge is 0.395 e. The Labute approximate surface area is 129 Å².